The van der Waals surface area contributed by atoms with Crippen LogP contribution in [0, 0.1) is 5.82 Å². The number of nitrogens with zero attached hydrogens (tertiary/aromatic N) is 1. The van der Waals surface area contributed by atoms with Gasteiger partial charge in [0.25, 0.3) is 5.91 Å². The minimum Gasteiger partial charge on any atom is -0.354 e. The summed E-state index contributed by atoms with van der Waals surface area (Å²) in [5.41, 5.74) is 5.57. The van der Waals surface area contributed by atoms with Crippen LogP contribution >= 0.6 is 0 Å². The smallest absolute Gasteiger partial charge is 0.252 e. The second kappa shape index (κ2) is 6.50. The molecule has 5 heteroatoms. The highest BCUT2D eigenvalue weighted by molar-refractivity contribution is 6.10. The number of hydrogen-bond acceptors (Lipinski definition) is 2. The molecule has 27 heavy (non-hydrogen) atoms. The monoisotopic (exact) mass is 363 g/mol. The van der Waals surface area contributed by atoms with Gasteiger partial charge in [-0.05, 0) is 61.2 Å². The second-order valence-electron chi connectivity index (χ2n) is 7.54. The highest BCUT2D eigenvalue weighted by Crippen LogP contribution is 2.34. The number of aromatic amines is 1. The van der Waals surface area contributed by atoms with Gasteiger partial charge in [-0.1, -0.05) is 24.3 Å². The molecule has 0 radical (unpaired) electrons. The van der Waals surface area contributed by atoms with Crippen molar-refractivity contribution in [3.63, 3.8) is 0 Å². The van der Waals surface area contributed by atoms with E-state index in [0.717, 1.165) is 35.2 Å². The summed E-state index contributed by atoms with van der Waals surface area (Å²) in [6, 6.07) is 11.4. The minimum atomic E-state index is -0.394. The maximum absolute atomic E-state index is 14.0. The molecule has 5 rings (SSSR count). The Labute approximate surface area is 157 Å². The van der Waals surface area contributed by atoms with E-state index in [2.05, 4.69) is 39.5 Å². The molecule has 3 aromatic rings. The van der Waals surface area contributed by atoms with E-state index in [4.69, 9.17) is 0 Å². The minimum absolute atomic E-state index is 0.204. The molecule has 1 fully saturated rings. The summed E-state index contributed by atoms with van der Waals surface area (Å²) in [5.74, 6) is -0.598. The maximum atomic E-state index is 14.0. The van der Waals surface area contributed by atoms with Gasteiger partial charge >= 0.3 is 0 Å². The van der Waals surface area contributed by atoms with Crippen molar-refractivity contribution in [3.05, 3.63) is 58.9 Å². The molecule has 2 aromatic carbocycles. The van der Waals surface area contributed by atoms with Crippen molar-refractivity contribution in [2.75, 3.05) is 19.6 Å². The Kier molecular flexibility index (Phi) is 3.97. The molecule has 0 saturated carbocycles. The number of amides is 1. The number of aromatic nitrogens is 1. The van der Waals surface area contributed by atoms with E-state index in [9.17, 15) is 9.18 Å². The Bertz CT molecular complexity index is 1020. The lowest BCUT2D eigenvalue weighted by Gasteiger charge is -2.14. The van der Waals surface area contributed by atoms with Gasteiger partial charge in [-0.3, -0.25) is 9.69 Å². The molecule has 2 N–H and O–H groups in total. The van der Waals surface area contributed by atoms with Crippen LogP contribution in [0.25, 0.3) is 22.2 Å². The predicted molar refractivity (Wildman–Crippen MR) is 104 cm³/mol. The second-order valence-corrected chi connectivity index (χ2v) is 7.54. The van der Waals surface area contributed by atoms with Crippen LogP contribution in [0.15, 0.2) is 36.4 Å². The molecular formula is C22H22FN3O. The standard InChI is InChI=1S/C22H22FN3O/c23-16-11-18-20-17(7-8-24-22(18)27)21(25-19(20)12-16)15-5-3-14(4-6-15)13-26-9-1-2-10-26/h3-6,11-12,25H,1-2,7-10,13H2,(H,24,27). The summed E-state index contributed by atoms with van der Waals surface area (Å²) in [6.45, 7) is 3.92. The van der Waals surface area contributed by atoms with Crippen molar-refractivity contribution in [2.45, 2.75) is 25.8 Å². The number of likely N-dealkylation sites (tertiary alicyclic amines) is 1. The first-order valence-corrected chi connectivity index (χ1v) is 9.63. The van der Waals surface area contributed by atoms with Crippen LogP contribution in [0.3, 0.4) is 0 Å². The third kappa shape index (κ3) is 2.92. The Morgan fingerprint density at radius 3 is 2.63 bits per heavy atom. The Balaban J connectivity index is 1.55. The molecule has 0 unspecified atom stereocenters. The quantitative estimate of drug-likeness (QED) is 0.742. The largest absolute Gasteiger partial charge is 0.354 e. The summed E-state index contributed by atoms with van der Waals surface area (Å²) >= 11 is 0. The van der Waals surface area contributed by atoms with E-state index < -0.39 is 5.82 Å². The summed E-state index contributed by atoms with van der Waals surface area (Å²) in [4.78, 5) is 18.2. The Hall–Kier alpha value is -2.66. The highest BCUT2D eigenvalue weighted by Gasteiger charge is 2.23. The number of hydrogen-bond donors (Lipinski definition) is 2. The maximum Gasteiger partial charge on any atom is 0.252 e. The fourth-order valence-electron chi connectivity index (χ4n) is 4.41. The van der Waals surface area contributed by atoms with Gasteiger partial charge in [0.15, 0.2) is 0 Å². The fourth-order valence-corrected chi connectivity index (χ4v) is 4.41. The number of carbonyl (C=O) groups excluding carboxylic acids is 1. The molecule has 0 aliphatic carbocycles. The van der Waals surface area contributed by atoms with E-state index in [0.29, 0.717) is 17.6 Å². The first kappa shape index (κ1) is 16.5. The van der Waals surface area contributed by atoms with Crippen LogP contribution in [-0.4, -0.2) is 35.4 Å². The van der Waals surface area contributed by atoms with Gasteiger partial charge in [-0.2, -0.15) is 0 Å². The molecule has 0 spiro atoms. The molecule has 1 saturated heterocycles. The third-order valence-electron chi connectivity index (χ3n) is 5.72. The van der Waals surface area contributed by atoms with Gasteiger partial charge in [0, 0.05) is 29.7 Å². The first-order chi connectivity index (χ1) is 13.2. The van der Waals surface area contributed by atoms with Crippen molar-refractivity contribution in [1.82, 2.24) is 15.2 Å². The average Bonchev–Trinajstić information content (AvgIpc) is 3.26. The lowest BCUT2D eigenvalue weighted by molar-refractivity contribution is 0.0957. The van der Waals surface area contributed by atoms with Crippen LogP contribution in [0.2, 0.25) is 0 Å². The van der Waals surface area contributed by atoms with Crippen molar-refractivity contribution in [3.8, 4) is 11.3 Å². The van der Waals surface area contributed by atoms with Crippen LogP contribution in [-0.2, 0) is 13.0 Å². The van der Waals surface area contributed by atoms with E-state index in [1.54, 1.807) is 0 Å². The number of H-pyrrole nitrogens is 1. The zero-order valence-electron chi connectivity index (χ0n) is 15.1. The van der Waals surface area contributed by atoms with E-state index in [1.807, 2.05) is 0 Å². The molecule has 3 heterocycles. The molecule has 1 amide bonds. The van der Waals surface area contributed by atoms with Gasteiger partial charge in [0.05, 0.1) is 5.56 Å². The zero-order chi connectivity index (χ0) is 18.4. The molecule has 0 atom stereocenters. The highest BCUT2D eigenvalue weighted by atomic mass is 19.1. The van der Waals surface area contributed by atoms with E-state index in [-0.39, 0.29) is 5.91 Å². The predicted octanol–water partition coefficient (Wildman–Crippen LogP) is 3.86. The van der Waals surface area contributed by atoms with E-state index >= 15 is 0 Å². The van der Waals surface area contributed by atoms with Gasteiger partial charge < -0.3 is 10.3 Å². The first-order valence-electron chi connectivity index (χ1n) is 9.63. The zero-order valence-corrected chi connectivity index (χ0v) is 15.1. The van der Waals surface area contributed by atoms with Crippen molar-refractivity contribution in [2.24, 2.45) is 0 Å². The lowest BCUT2D eigenvalue weighted by atomic mass is 9.99. The van der Waals surface area contributed by atoms with Crippen LogP contribution in [0.1, 0.15) is 34.3 Å². The summed E-state index contributed by atoms with van der Waals surface area (Å²) in [7, 11) is 0. The molecule has 0 bridgehead atoms. The molecule has 4 nitrogen and oxygen atoms in total. The number of carbonyl (C=O) groups is 1. The Morgan fingerprint density at radius 2 is 1.85 bits per heavy atom. The normalized spacial score (nSPS) is 17.3. The number of benzene rings is 2. The summed E-state index contributed by atoms with van der Waals surface area (Å²) < 4.78 is 14.0. The molecule has 1 aromatic heterocycles. The number of halogens is 1. The molecule has 138 valence electrons. The van der Waals surface area contributed by atoms with Gasteiger partial charge in [0.1, 0.15) is 5.82 Å². The summed E-state index contributed by atoms with van der Waals surface area (Å²) in [6.07, 6.45) is 3.32. The van der Waals surface area contributed by atoms with Crippen LogP contribution < -0.4 is 5.32 Å². The fraction of sp³-hybridized carbons (Fsp3) is 0.318. The molecular weight excluding hydrogens is 341 g/mol. The summed E-state index contributed by atoms with van der Waals surface area (Å²) in [5, 5.41) is 3.72. The van der Waals surface area contributed by atoms with Gasteiger partial charge in [0.2, 0.25) is 0 Å². The van der Waals surface area contributed by atoms with Crippen LogP contribution in [0.4, 0.5) is 4.39 Å². The number of rotatable bonds is 3. The average molecular weight is 363 g/mol. The van der Waals surface area contributed by atoms with E-state index in [1.165, 1.54) is 43.6 Å². The van der Waals surface area contributed by atoms with Crippen molar-refractivity contribution >= 4 is 16.8 Å². The topological polar surface area (TPSA) is 48.1 Å². The van der Waals surface area contributed by atoms with Gasteiger partial charge in [-0.15, -0.1) is 0 Å². The number of nitrogens with one attached hydrogen (secondary N) is 2. The SMILES string of the molecule is O=C1NCCc2c(-c3ccc(CN4CCCC4)cc3)[nH]c3cc(F)cc1c23. The molecule has 2 aliphatic rings. The van der Waals surface area contributed by atoms with Crippen molar-refractivity contribution < 1.29 is 9.18 Å². The molecule has 2 aliphatic heterocycles. The van der Waals surface area contributed by atoms with Gasteiger partial charge in [-0.25, -0.2) is 4.39 Å². The van der Waals surface area contributed by atoms with Crippen LogP contribution in [0.5, 0.6) is 0 Å². The van der Waals surface area contributed by atoms with Crippen molar-refractivity contribution in [1.29, 1.82) is 0 Å². The Morgan fingerprint density at radius 1 is 1.07 bits per heavy atom. The third-order valence-corrected chi connectivity index (χ3v) is 5.72. The lowest BCUT2D eigenvalue weighted by Crippen LogP contribution is -2.23.